The number of hydrogen-bond acceptors (Lipinski definition) is 6. The van der Waals surface area contributed by atoms with E-state index in [1.165, 1.54) is 11.3 Å². The molecule has 1 aromatic carbocycles. The number of anilines is 2. The van der Waals surface area contributed by atoms with Crippen LogP contribution in [0.4, 0.5) is 10.8 Å². The van der Waals surface area contributed by atoms with Gasteiger partial charge in [0.2, 0.25) is 5.91 Å². The molecule has 0 aliphatic rings. The molecule has 0 aliphatic heterocycles. The Labute approximate surface area is 145 Å². The van der Waals surface area contributed by atoms with Crippen LogP contribution in [-0.4, -0.2) is 36.6 Å². The monoisotopic (exact) mass is 347 g/mol. The van der Waals surface area contributed by atoms with Gasteiger partial charge in [-0.1, -0.05) is 18.2 Å². The second kappa shape index (κ2) is 9.02. The number of thiazole rings is 1. The van der Waals surface area contributed by atoms with Gasteiger partial charge in [0, 0.05) is 17.6 Å². The van der Waals surface area contributed by atoms with Crippen molar-refractivity contribution in [1.29, 1.82) is 0 Å². The van der Waals surface area contributed by atoms with Crippen LogP contribution in [-0.2, 0) is 20.7 Å². The number of esters is 1. The number of nitrogens with zero attached hydrogens (tertiary/aromatic N) is 2. The van der Waals surface area contributed by atoms with Crippen molar-refractivity contribution in [1.82, 2.24) is 4.98 Å². The maximum atomic E-state index is 12.2. The molecule has 0 fully saturated rings. The molecule has 0 spiro atoms. The summed E-state index contributed by atoms with van der Waals surface area (Å²) in [6, 6.07) is 9.77. The summed E-state index contributed by atoms with van der Waals surface area (Å²) in [5.74, 6) is -0.459. The molecule has 128 valence electrons. The highest BCUT2D eigenvalue weighted by Gasteiger charge is 2.13. The van der Waals surface area contributed by atoms with Crippen molar-refractivity contribution in [3.05, 3.63) is 41.4 Å². The lowest BCUT2D eigenvalue weighted by molar-refractivity contribution is -0.142. The van der Waals surface area contributed by atoms with Gasteiger partial charge in [-0.3, -0.25) is 9.59 Å². The molecule has 1 amide bonds. The van der Waals surface area contributed by atoms with Gasteiger partial charge in [-0.15, -0.1) is 11.3 Å². The molecule has 0 radical (unpaired) electrons. The van der Waals surface area contributed by atoms with Gasteiger partial charge in [-0.05, 0) is 26.0 Å². The quantitative estimate of drug-likeness (QED) is 0.744. The van der Waals surface area contributed by atoms with Gasteiger partial charge in [0.15, 0.2) is 5.13 Å². The van der Waals surface area contributed by atoms with E-state index in [2.05, 4.69) is 10.3 Å². The number of amides is 1. The predicted octanol–water partition coefficient (Wildman–Crippen LogP) is 2.71. The molecular weight excluding hydrogens is 326 g/mol. The van der Waals surface area contributed by atoms with Gasteiger partial charge in [-0.25, -0.2) is 4.98 Å². The Morgan fingerprint density at radius 1 is 1.25 bits per heavy atom. The predicted molar refractivity (Wildman–Crippen MR) is 95.4 cm³/mol. The fraction of sp³-hybridized carbons (Fsp3) is 0.353. The van der Waals surface area contributed by atoms with Crippen LogP contribution >= 0.6 is 11.3 Å². The summed E-state index contributed by atoms with van der Waals surface area (Å²) in [6.07, 6.45) is 0.116. The van der Waals surface area contributed by atoms with Gasteiger partial charge in [-0.2, -0.15) is 0 Å². The number of rotatable bonds is 8. The summed E-state index contributed by atoms with van der Waals surface area (Å²) in [4.78, 5) is 29.9. The third kappa shape index (κ3) is 5.34. The van der Waals surface area contributed by atoms with Gasteiger partial charge in [0.1, 0.15) is 0 Å². The summed E-state index contributed by atoms with van der Waals surface area (Å²) in [7, 11) is 0. The molecule has 1 N–H and O–H groups in total. The Morgan fingerprint density at radius 3 is 2.67 bits per heavy atom. The van der Waals surface area contributed by atoms with Crippen LogP contribution in [0, 0.1) is 0 Å². The number of carbonyl (C=O) groups excluding carboxylic acids is 2. The largest absolute Gasteiger partial charge is 0.466 e. The molecular formula is C17H21N3O3S. The van der Waals surface area contributed by atoms with Crippen molar-refractivity contribution in [3.8, 4) is 0 Å². The maximum Gasteiger partial charge on any atom is 0.311 e. The highest BCUT2D eigenvalue weighted by molar-refractivity contribution is 7.13. The van der Waals surface area contributed by atoms with Crippen molar-refractivity contribution >= 4 is 34.0 Å². The first-order valence-electron chi connectivity index (χ1n) is 7.82. The first-order valence-corrected chi connectivity index (χ1v) is 8.70. The second-order valence-electron chi connectivity index (χ2n) is 5.02. The van der Waals surface area contributed by atoms with Gasteiger partial charge in [0.05, 0.1) is 25.3 Å². The fourth-order valence-electron chi connectivity index (χ4n) is 2.16. The summed E-state index contributed by atoms with van der Waals surface area (Å²) >= 11 is 1.30. The molecule has 6 nitrogen and oxygen atoms in total. The van der Waals surface area contributed by atoms with Crippen molar-refractivity contribution in [2.45, 2.75) is 20.3 Å². The normalized spacial score (nSPS) is 10.2. The van der Waals surface area contributed by atoms with Crippen molar-refractivity contribution in [3.63, 3.8) is 0 Å². The van der Waals surface area contributed by atoms with Crippen LogP contribution in [0.3, 0.4) is 0 Å². The van der Waals surface area contributed by atoms with Gasteiger partial charge >= 0.3 is 5.97 Å². The Morgan fingerprint density at radius 2 is 2.00 bits per heavy atom. The summed E-state index contributed by atoms with van der Waals surface area (Å²) in [5.41, 5.74) is 1.60. The average molecular weight is 347 g/mol. The molecule has 0 bridgehead atoms. The number of para-hydroxylation sites is 1. The van der Waals surface area contributed by atoms with Crippen molar-refractivity contribution in [2.24, 2.45) is 0 Å². The highest BCUT2D eigenvalue weighted by atomic mass is 32.1. The van der Waals surface area contributed by atoms with Gasteiger partial charge < -0.3 is 15.0 Å². The van der Waals surface area contributed by atoms with Crippen molar-refractivity contribution < 1.29 is 14.3 Å². The third-order valence-corrected chi connectivity index (χ3v) is 4.07. The minimum atomic E-state index is -0.318. The zero-order valence-electron chi connectivity index (χ0n) is 13.8. The zero-order valence-corrected chi connectivity index (χ0v) is 14.6. The molecule has 0 saturated carbocycles. The van der Waals surface area contributed by atoms with Crippen LogP contribution < -0.4 is 10.2 Å². The van der Waals surface area contributed by atoms with Gasteiger partial charge in [0.25, 0.3) is 0 Å². The molecule has 0 atom stereocenters. The second-order valence-corrected chi connectivity index (χ2v) is 5.88. The van der Waals surface area contributed by atoms with E-state index < -0.39 is 0 Å². The lowest BCUT2D eigenvalue weighted by atomic mass is 10.3. The molecule has 0 saturated heterocycles. The number of aromatic nitrogens is 1. The number of ether oxygens (including phenoxy) is 1. The number of nitrogens with one attached hydrogen (secondary N) is 1. The zero-order chi connectivity index (χ0) is 17.4. The first-order chi connectivity index (χ1) is 11.6. The summed E-state index contributed by atoms with van der Waals surface area (Å²) in [6.45, 7) is 5.08. The van der Waals surface area contributed by atoms with Crippen LogP contribution in [0.5, 0.6) is 0 Å². The molecule has 2 aromatic rings. The molecule has 7 heteroatoms. The van der Waals surface area contributed by atoms with E-state index in [1.807, 2.05) is 42.2 Å². The average Bonchev–Trinajstić information content (AvgIpc) is 3.00. The third-order valence-electron chi connectivity index (χ3n) is 3.27. The maximum absolute atomic E-state index is 12.2. The molecule has 1 aromatic heterocycles. The van der Waals surface area contributed by atoms with Crippen LogP contribution in [0.25, 0.3) is 0 Å². The number of benzene rings is 1. The number of carbonyl (C=O) groups is 2. The minimum Gasteiger partial charge on any atom is -0.466 e. The standard InChI is InChI=1S/C17H21N3O3S/c1-3-20(14-8-6-5-7-9-14)11-15(21)19-17-18-13(12-24-17)10-16(22)23-4-2/h5-9,12H,3-4,10-11H2,1-2H3,(H,18,19,21). The molecule has 0 aliphatic carbocycles. The first kappa shape index (κ1) is 17.9. The Hall–Kier alpha value is -2.41. The molecule has 1 heterocycles. The Kier molecular flexibility index (Phi) is 6.74. The highest BCUT2D eigenvalue weighted by Crippen LogP contribution is 2.17. The van der Waals surface area contributed by atoms with Crippen LogP contribution in [0.1, 0.15) is 19.5 Å². The van der Waals surface area contributed by atoms with E-state index >= 15 is 0 Å². The van der Waals surface area contributed by atoms with E-state index in [9.17, 15) is 9.59 Å². The number of likely N-dealkylation sites (N-methyl/N-ethyl adjacent to an activating group) is 1. The summed E-state index contributed by atoms with van der Waals surface area (Å²) in [5, 5.41) is 5.02. The van der Waals surface area contributed by atoms with Crippen LogP contribution in [0.15, 0.2) is 35.7 Å². The Bertz CT molecular complexity index is 673. The lowest BCUT2D eigenvalue weighted by Crippen LogP contribution is -2.33. The van der Waals surface area contributed by atoms with E-state index in [-0.39, 0.29) is 24.8 Å². The fourth-order valence-corrected chi connectivity index (χ4v) is 2.89. The number of hydrogen-bond donors (Lipinski definition) is 1. The van der Waals surface area contributed by atoms with Crippen LogP contribution in [0.2, 0.25) is 0 Å². The smallest absolute Gasteiger partial charge is 0.311 e. The van der Waals surface area contributed by atoms with Crippen molar-refractivity contribution in [2.75, 3.05) is 29.9 Å². The molecule has 0 unspecified atom stereocenters. The topological polar surface area (TPSA) is 71.5 Å². The minimum absolute atomic E-state index is 0.116. The Balaban J connectivity index is 1.90. The summed E-state index contributed by atoms with van der Waals surface area (Å²) < 4.78 is 4.88. The van der Waals surface area contributed by atoms with E-state index in [1.54, 1.807) is 12.3 Å². The molecule has 2 rings (SSSR count). The van der Waals surface area contributed by atoms with E-state index in [0.717, 1.165) is 12.2 Å². The lowest BCUT2D eigenvalue weighted by Gasteiger charge is -2.21. The molecule has 24 heavy (non-hydrogen) atoms. The SMILES string of the molecule is CCOC(=O)Cc1csc(NC(=O)CN(CC)c2ccccc2)n1. The van der Waals surface area contributed by atoms with E-state index in [4.69, 9.17) is 4.74 Å². The van der Waals surface area contributed by atoms with E-state index in [0.29, 0.717) is 17.4 Å².